The van der Waals surface area contributed by atoms with Crippen LogP contribution >= 0.6 is 11.3 Å². The van der Waals surface area contributed by atoms with Gasteiger partial charge in [-0.05, 0) is 11.4 Å². The third kappa shape index (κ3) is 2.05. The van der Waals surface area contributed by atoms with Gasteiger partial charge in [0.25, 0.3) is 0 Å². The van der Waals surface area contributed by atoms with Crippen molar-refractivity contribution in [2.45, 2.75) is 0 Å². The molecule has 6 heteroatoms. The molecule has 0 aliphatic carbocycles. The fourth-order valence-electron chi connectivity index (χ4n) is 0.710. The topological polar surface area (TPSA) is 66.4 Å². The molecule has 0 saturated carbocycles. The zero-order valence-electron chi connectivity index (χ0n) is 6.23. The number of rotatable bonds is 3. The summed E-state index contributed by atoms with van der Waals surface area (Å²) >= 11 is 1.10. The monoisotopic (exact) mass is 205 g/mol. The lowest BCUT2D eigenvalue weighted by molar-refractivity contribution is 0.0703. The zero-order valence-corrected chi connectivity index (χ0v) is 7.87. The van der Waals surface area contributed by atoms with Crippen LogP contribution in [0.2, 0.25) is 0 Å². The molecule has 1 aromatic rings. The Kier molecular flexibility index (Phi) is 2.83. The Morgan fingerprint density at radius 2 is 2.42 bits per heavy atom. The molecule has 4 nitrogen and oxygen atoms in total. The highest BCUT2D eigenvalue weighted by Gasteiger charge is 2.11. The molecule has 0 fully saturated rings. The van der Waals surface area contributed by atoms with Crippen molar-refractivity contribution in [2.75, 3.05) is 11.0 Å². The normalized spacial score (nSPS) is 12.4. The van der Waals surface area contributed by atoms with Crippen LogP contribution in [0.4, 0.5) is 5.69 Å². The van der Waals surface area contributed by atoms with Crippen LogP contribution in [0.1, 0.15) is 9.67 Å². The maximum Gasteiger partial charge on any atom is 0.348 e. The van der Waals surface area contributed by atoms with Gasteiger partial charge in [-0.3, -0.25) is 0 Å². The van der Waals surface area contributed by atoms with Crippen LogP contribution in [0, 0.1) is 0 Å². The summed E-state index contributed by atoms with van der Waals surface area (Å²) in [5, 5.41) is 10.3. The number of carbonyl (C=O) groups is 1. The third-order valence-electron chi connectivity index (χ3n) is 1.11. The number of nitrogens with one attached hydrogen (secondary N) is 1. The van der Waals surface area contributed by atoms with E-state index in [0.717, 1.165) is 11.3 Å². The maximum absolute atomic E-state index is 10.7. The predicted octanol–water partition coefficient (Wildman–Crippen LogP) is 1.15. The van der Waals surface area contributed by atoms with E-state index in [0.29, 0.717) is 5.69 Å². The first-order chi connectivity index (χ1) is 5.61. The van der Waals surface area contributed by atoms with E-state index >= 15 is 0 Å². The van der Waals surface area contributed by atoms with Crippen LogP contribution in [0.15, 0.2) is 11.4 Å². The molecule has 0 bridgehead atoms. The highest BCUT2D eigenvalue weighted by Crippen LogP contribution is 2.22. The lowest BCUT2D eigenvalue weighted by atomic mass is 10.4. The summed E-state index contributed by atoms with van der Waals surface area (Å²) in [6.07, 6.45) is 1.45. The van der Waals surface area contributed by atoms with Gasteiger partial charge in [0.2, 0.25) is 0 Å². The fourth-order valence-corrected chi connectivity index (χ4v) is 1.94. The van der Waals surface area contributed by atoms with Gasteiger partial charge in [-0.1, -0.05) is 0 Å². The van der Waals surface area contributed by atoms with Crippen molar-refractivity contribution in [3.63, 3.8) is 0 Å². The molecule has 0 spiro atoms. The Morgan fingerprint density at radius 1 is 1.75 bits per heavy atom. The van der Waals surface area contributed by atoms with Crippen LogP contribution < -0.4 is 4.72 Å². The smallest absolute Gasteiger partial charge is 0.348 e. The second kappa shape index (κ2) is 3.68. The molecular formula is C6H7NO3S2. The summed E-state index contributed by atoms with van der Waals surface area (Å²) in [5.74, 6) is -1.00. The molecule has 2 N–H and O–H groups in total. The molecule has 1 rings (SSSR count). The summed E-state index contributed by atoms with van der Waals surface area (Å²) in [5.41, 5.74) is 0.410. The van der Waals surface area contributed by atoms with Gasteiger partial charge in [-0.25, -0.2) is 9.00 Å². The molecule has 1 heterocycles. The Morgan fingerprint density at radius 3 is 2.92 bits per heavy atom. The highest BCUT2D eigenvalue weighted by atomic mass is 32.2. The quantitative estimate of drug-likeness (QED) is 0.778. The van der Waals surface area contributed by atoms with E-state index in [1.54, 1.807) is 11.4 Å². The molecule has 0 amide bonds. The van der Waals surface area contributed by atoms with Crippen molar-refractivity contribution < 1.29 is 14.1 Å². The standard InChI is InChI=1S/C6H7NO3S2/c1-12(10)7-4-2-3-11-5(4)6(8)9/h2-3,7H,1H3,(H,8,9). The first-order valence-corrected chi connectivity index (χ1v) is 5.46. The molecule has 0 aliphatic rings. The Labute approximate surface area is 75.8 Å². The van der Waals surface area contributed by atoms with Crippen molar-refractivity contribution in [1.82, 2.24) is 0 Å². The average Bonchev–Trinajstić information content (AvgIpc) is 2.33. The molecule has 66 valence electrons. The lowest BCUT2D eigenvalue weighted by Crippen LogP contribution is -2.04. The van der Waals surface area contributed by atoms with Gasteiger partial charge in [0.05, 0.1) is 5.69 Å². The fraction of sp³-hybridized carbons (Fsp3) is 0.167. The Hall–Kier alpha value is -0.880. The third-order valence-corrected chi connectivity index (χ3v) is 2.52. The predicted molar refractivity (Wildman–Crippen MR) is 49.0 cm³/mol. The van der Waals surface area contributed by atoms with Crippen molar-refractivity contribution >= 4 is 34.0 Å². The van der Waals surface area contributed by atoms with Crippen LogP contribution in [-0.4, -0.2) is 21.5 Å². The molecule has 1 unspecified atom stereocenters. The molecule has 0 aliphatic heterocycles. The number of aromatic carboxylic acids is 1. The van der Waals surface area contributed by atoms with Gasteiger partial charge >= 0.3 is 5.97 Å². The number of hydrogen-bond acceptors (Lipinski definition) is 3. The Balaban J connectivity index is 2.91. The number of carboxylic acids is 1. The summed E-state index contributed by atoms with van der Waals surface area (Å²) in [4.78, 5) is 10.7. The largest absolute Gasteiger partial charge is 0.477 e. The van der Waals surface area contributed by atoms with Crippen LogP contribution in [-0.2, 0) is 11.0 Å². The minimum absolute atomic E-state index is 0.185. The number of thiophene rings is 1. The molecule has 1 atom stereocenters. The van der Waals surface area contributed by atoms with Gasteiger partial charge < -0.3 is 9.83 Å². The van der Waals surface area contributed by atoms with Crippen molar-refractivity contribution in [3.05, 3.63) is 16.3 Å². The van der Waals surface area contributed by atoms with Crippen LogP contribution in [0.3, 0.4) is 0 Å². The van der Waals surface area contributed by atoms with E-state index in [2.05, 4.69) is 4.72 Å². The molecule has 1 aromatic heterocycles. The van der Waals surface area contributed by atoms with E-state index < -0.39 is 17.0 Å². The first-order valence-electron chi connectivity index (χ1n) is 3.02. The highest BCUT2D eigenvalue weighted by molar-refractivity contribution is 7.85. The molecular weight excluding hydrogens is 198 g/mol. The van der Waals surface area contributed by atoms with Crippen molar-refractivity contribution in [2.24, 2.45) is 0 Å². The van der Waals surface area contributed by atoms with Gasteiger partial charge in [0.1, 0.15) is 15.9 Å². The van der Waals surface area contributed by atoms with E-state index in [4.69, 9.17) is 5.11 Å². The lowest BCUT2D eigenvalue weighted by Gasteiger charge is -1.99. The van der Waals surface area contributed by atoms with E-state index in [9.17, 15) is 9.00 Å². The minimum atomic E-state index is -1.23. The van der Waals surface area contributed by atoms with Gasteiger partial charge in [-0.15, -0.1) is 11.3 Å². The number of carboxylic acid groups (broad SMARTS) is 1. The summed E-state index contributed by atoms with van der Waals surface area (Å²) < 4.78 is 13.2. The van der Waals surface area contributed by atoms with Gasteiger partial charge in [0, 0.05) is 6.26 Å². The molecule has 12 heavy (non-hydrogen) atoms. The Bertz CT molecular complexity index is 320. The maximum atomic E-state index is 10.7. The van der Waals surface area contributed by atoms with Crippen molar-refractivity contribution in [1.29, 1.82) is 0 Å². The van der Waals surface area contributed by atoms with Crippen LogP contribution in [0.5, 0.6) is 0 Å². The summed E-state index contributed by atoms with van der Waals surface area (Å²) in [6, 6.07) is 1.59. The number of anilines is 1. The van der Waals surface area contributed by atoms with E-state index in [-0.39, 0.29) is 4.88 Å². The molecule has 0 radical (unpaired) electrons. The average molecular weight is 205 g/mol. The van der Waals surface area contributed by atoms with Gasteiger partial charge in [-0.2, -0.15) is 0 Å². The van der Waals surface area contributed by atoms with Crippen LogP contribution in [0.25, 0.3) is 0 Å². The second-order valence-corrected chi connectivity index (χ2v) is 4.05. The first kappa shape index (κ1) is 9.21. The SMILES string of the molecule is CS(=O)Nc1ccsc1C(=O)O. The number of hydrogen-bond donors (Lipinski definition) is 2. The minimum Gasteiger partial charge on any atom is -0.477 e. The molecule has 0 saturated heterocycles. The summed E-state index contributed by atoms with van der Waals surface area (Å²) in [6.45, 7) is 0. The summed E-state index contributed by atoms with van der Waals surface area (Å²) in [7, 11) is -1.23. The van der Waals surface area contributed by atoms with E-state index in [1.807, 2.05) is 0 Å². The van der Waals surface area contributed by atoms with Crippen molar-refractivity contribution in [3.8, 4) is 0 Å². The zero-order chi connectivity index (χ0) is 9.14. The van der Waals surface area contributed by atoms with E-state index in [1.165, 1.54) is 6.26 Å². The second-order valence-electron chi connectivity index (χ2n) is 2.02. The van der Waals surface area contributed by atoms with Gasteiger partial charge in [0.15, 0.2) is 0 Å². The molecule has 0 aromatic carbocycles.